The van der Waals surface area contributed by atoms with E-state index in [1.165, 1.54) is 12.1 Å². The minimum atomic E-state index is -3.12. The Morgan fingerprint density at radius 1 is 1.29 bits per heavy atom. The average Bonchev–Trinajstić information content (AvgIpc) is 2.46. The molecule has 134 valence electrons. The fourth-order valence-corrected chi connectivity index (χ4v) is 4.10. The fraction of sp³-hybridized carbons (Fsp3) is 0.562. The van der Waals surface area contributed by atoms with Crippen LogP contribution in [0.2, 0.25) is 0 Å². The van der Waals surface area contributed by atoms with Gasteiger partial charge in [-0.25, -0.2) is 17.2 Å². The van der Waals surface area contributed by atoms with Crippen molar-refractivity contribution in [2.24, 2.45) is 4.99 Å². The molecule has 24 heavy (non-hydrogen) atoms. The highest BCUT2D eigenvalue weighted by Crippen LogP contribution is 2.23. The van der Waals surface area contributed by atoms with Crippen LogP contribution in [0.25, 0.3) is 0 Å². The molecule has 8 heteroatoms. The van der Waals surface area contributed by atoms with E-state index in [1.54, 1.807) is 20.9 Å². The van der Waals surface area contributed by atoms with Gasteiger partial charge in [-0.2, -0.15) is 0 Å². The number of halogens is 2. The van der Waals surface area contributed by atoms with Gasteiger partial charge in [-0.15, -0.1) is 0 Å². The molecule has 0 aromatic heterocycles. The van der Waals surface area contributed by atoms with Crippen molar-refractivity contribution in [1.29, 1.82) is 0 Å². The molecular weight excluding hydrogens is 336 g/mol. The van der Waals surface area contributed by atoms with Crippen LogP contribution in [-0.4, -0.2) is 56.5 Å². The van der Waals surface area contributed by atoms with Gasteiger partial charge in [0, 0.05) is 32.7 Å². The third-order valence-corrected chi connectivity index (χ3v) is 6.71. The maximum atomic E-state index is 13.2. The van der Waals surface area contributed by atoms with E-state index in [4.69, 9.17) is 0 Å². The van der Waals surface area contributed by atoms with E-state index >= 15 is 0 Å². The van der Waals surface area contributed by atoms with Gasteiger partial charge in [0.2, 0.25) is 0 Å². The summed E-state index contributed by atoms with van der Waals surface area (Å²) in [5, 5.41) is 3.13. The van der Waals surface area contributed by atoms with E-state index in [0.717, 1.165) is 6.07 Å². The molecule has 1 aromatic carbocycles. The molecule has 0 unspecified atom stereocenters. The van der Waals surface area contributed by atoms with E-state index in [1.807, 2.05) is 4.90 Å². The van der Waals surface area contributed by atoms with Crippen molar-refractivity contribution < 1.29 is 17.2 Å². The molecule has 5 nitrogen and oxygen atoms in total. The van der Waals surface area contributed by atoms with Crippen LogP contribution in [0.1, 0.15) is 19.4 Å². The van der Waals surface area contributed by atoms with E-state index in [0.29, 0.717) is 37.6 Å². The van der Waals surface area contributed by atoms with Crippen molar-refractivity contribution in [2.75, 3.05) is 32.4 Å². The fourth-order valence-electron chi connectivity index (χ4n) is 2.73. The molecule has 1 aliphatic rings. The van der Waals surface area contributed by atoms with Crippen LogP contribution in [0, 0.1) is 11.6 Å². The molecule has 1 aromatic rings. The standard InChI is InChI=1S/C16H23F2N3O2S/c1-16(2)11-21(6-7-24(16,22)23)15(19-3)20-5-4-12-8-13(17)10-14(18)9-12/h8-10H,4-7,11H2,1-3H3,(H,19,20). The number of guanidine groups is 1. The molecule has 0 bridgehead atoms. The molecule has 1 aliphatic heterocycles. The summed E-state index contributed by atoms with van der Waals surface area (Å²) in [6, 6.07) is 3.43. The van der Waals surface area contributed by atoms with E-state index < -0.39 is 26.2 Å². The van der Waals surface area contributed by atoms with Gasteiger partial charge in [0.05, 0.1) is 10.5 Å². The molecule has 0 saturated carbocycles. The maximum absolute atomic E-state index is 13.2. The smallest absolute Gasteiger partial charge is 0.193 e. The summed E-state index contributed by atoms with van der Waals surface area (Å²) in [7, 11) is -1.49. The Morgan fingerprint density at radius 3 is 2.46 bits per heavy atom. The molecule has 1 fully saturated rings. The van der Waals surface area contributed by atoms with Crippen LogP contribution in [0.4, 0.5) is 8.78 Å². The van der Waals surface area contributed by atoms with Gasteiger partial charge in [-0.3, -0.25) is 4.99 Å². The van der Waals surface area contributed by atoms with Crippen LogP contribution in [0.15, 0.2) is 23.2 Å². The normalized spacial score (nSPS) is 20.0. The second-order valence-electron chi connectivity index (χ2n) is 6.50. The summed E-state index contributed by atoms with van der Waals surface area (Å²) < 4.78 is 49.7. The number of nitrogens with zero attached hydrogens (tertiary/aromatic N) is 2. The van der Waals surface area contributed by atoms with Crippen molar-refractivity contribution in [3.8, 4) is 0 Å². The lowest BCUT2D eigenvalue weighted by atomic mass is 10.1. The van der Waals surface area contributed by atoms with Crippen LogP contribution < -0.4 is 5.32 Å². The molecule has 1 N–H and O–H groups in total. The summed E-state index contributed by atoms with van der Waals surface area (Å²) in [6.07, 6.45) is 0.434. The van der Waals surface area contributed by atoms with Crippen molar-refractivity contribution in [3.63, 3.8) is 0 Å². The second-order valence-corrected chi connectivity index (χ2v) is 9.24. The number of benzene rings is 1. The highest BCUT2D eigenvalue weighted by atomic mass is 32.2. The van der Waals surface area contributed by atoms with Crippen LogP contribution >= 0.6 is 0 Å². The maximum Gasteiger partial charge on any atom is 0.193 e. The lowest BCUT2D eigenvalue weighted by molar-refractivity contribution is 0.353. The third-order valence-electron chi connectivity index (χ3n) is 4.17. The second kappa shape index (κ2) is 7.04. The first-order chi connectivity index (χ1) is 11.1. The minimum Gasteiger partial charge on any atom is -0.356 e. The third kappa shape index (κ3) is 4.23. The monoisotopic (exact) mass is 359 g/mol. The lowest BCUT2D eigenvalue weighted by Gasteiger charge is -2.39. The zero-order valence-corrected chi connectivity index (χ0v) is 15.0. The van der Waals surface area contributed by atoms with Gasteiger partial charge in [0.25, 0.3) is 0 Å². The van der Waals surface area contributed by atoms with Gasteiger partial charge in [-0.1, -0.05) is 0 Å². The number of hydrogen-bond acceptors (Lipinski definition) is 3. The Kier molecular flexibility index (Phi) is 5.47. The molecule has 0 aliphatic carbocycles. The zero-order valence-electron chi connectivity index (χ0n) is 14.1. The molecule has 0 spiro atoms. The Balaban J connectivity index is 1.96. The summed E-state index contributed by atoms with van der Waals surface area (Å²) in [5.74, 6) is -0.528. The number of sulfone groups is 1. The van der Waals surface area contributed by atoms with Crippen LogP contribution in [-0.2, 0) is 16.3 Å². The van der Waals surface area contributed by atoms with E-state index in [-0.39, 0.29) is 5.75 Å². The quantitative estimate of drug-likeness (QED) is 0.658. The lowest BCUT2D eigenvalue weighted by Crippen LogP contribution is -2.57. The van der Waals surface area contributed by atoms with Crippen molar-refractivity contribution in [3.05, 3.63) is 35.4 Å². The van der Waals surface area contributed by atoms with Crippen LogP contribution in [0.5, 0.6) is 0 Å². The minimum absolute atomic E-state index is 0.0792. The van der Waals surface area contributed by atoms with Gasteiger partial charge in [0.15, 0.2) is 15.8 Å². The molecular formula is C16H23F2N3O2S. The number of hydrogen-bond donors (Lipinski definition) is 1. The Hall–Kier alpha value is -1.70. The summed E-state index contributed by atoms with van der Waals surface area (Å²) >= 11 is 0. The first-order valence-electron chi connectivity index (χ1n) is 7.77. The van der Waals surface area contributed by atoms with Gasteiger partial charge >= 0.3 is 0 Å². The topological polar surface area (TPSA) is 61.8 Å². The number of rotatable bonds is 3. The van der Waals surface area contributed by atoms with Gasteiger partial charge in [-0.05, 0) is 38.0 Å². The van der Waals surface area contributed by atoms with Crippen molar-refractivity contribution in [2.45, 2.75) is 25.0 Å². The van der Waals surface area contributed by atoms with E-state index in [9.17, 15) is 17.2 Å². The number of nitrogens with one attached hydrogen (secondary N) is 1. The number of aliphatic imine (C=N–C) groups is 1. The summed E-state index contributed by atoms with van der Waals surface area (Å²) in [6.45, 7) is 4.58. The summed E-state index contributed by atoms with van der Waals surface area (Å²) in [5.41, 5.74) is 0.553. The molecule has 0 radical (unpaired) electrons. The highest BCUT2D eigenvalue weighted by molar-refractivity contribution is 7.92. The average molecular weight is 359 g/mol. The molecule has 0 atom stereocenters. The Morgan fingerprint density at radius 2 is 1.92 bits per heavy atom. The molecule has 1 saturated heterocycles. The first kappa shape index (κ1) is 18.6. The van der Waals surface area contributed by atoms with Crippen LogP contribution in [0.3, 0.4) is 0 Å². The first-order valence-corrected chi connectivity index (χ1v) is 9.43. The highest BCUT2D eigenvalue weighted by Gasteiger charge is 2.40. The SMILES string of the molecule is CN=C(NCCc1cc(F)cc(F)c1)N1CCS(=O)(=O)C(C)(C)C1. The van der Waals surface area contributed by atoms with Crippen molar-refractivity contribution >= 4 is 15.8 Å². The van der Waals surface area contributed by atoms with Gasteiger partial charge < -0.3 is 10.2 Å². The largest absolute Gasteiger partial charge is 0.356 e. The molecule has 2 rings (SSSR count). The molecule has 1 heterocycles. The van der Waals surface area contributed by atoms with Crippen molar-refractivity contribution in [1.82, 2.24) is 10.2 Å². The van der Waals surface area contributed by atoms with Gasteiger partial charge in [0.1, 0.15) is 11.6 Å². The zero-order chi connectivity index (χ0) is 18.0. The predicted molar refractivity (Wildman–Crippen MR) is 90.9 cm³/mol. The summed E-state index contributed by atoms with van der Waals surface area (Å²) in [4.78, 5) is 6.08. The van der Waals surface area contributed by atoms with E-state index in [2.05, 4.69) is 10.3 Å². The Labute approximate surface area is 141 Å². The predicted octanol–water partition coefficient (Wildman–Crippen LogP) is 1.59. The molecule has 0 amide bonds. The Bertz CT molecular complexity index is 713.